The number of rotatable bonds is 10. The number of ether oxygens (including phenoxy) is 1. The summed E-state index contributed by atoms with van der Waals surface area (Å²) in [6, 6.07) is 14.1. The van der Waals surface area contributed by atoms with E-state index in [2.05, 4.69) is 22.4 Å². The van der Waals surface area contributed by atoms with Gasteiger partial charge in [0.05, 0.1) is 0 Å². The molecule has 4 aromatic rings. The van der Waals surface area contributed by atoms with E-state index in [1.807, 2.05) is 12.1 Å². The fourth-order valence-corrected chi connectivity index (χ4v) is 3.22. The quantitative estimate of drug-likeness (QED) is 0.345. The lowest BCUT2D eigenvalue weighted by atomic mass is 10.1. The van der Waals surface area contributed by atoms with Gasteiger partial charge in [-0.2, -0.15) is 0 Å². The maximum atomic E-state index is 13.4. The molecule has 0 amide bonds. The first kappa shape index (κ1) is 20.5. The van der Waals surface area contributed by atoms with E-state index in [1.54, 1.807) is 18.3 Å². The first-order valence-corrected chi connectivity index (χ1v) is 10.2. The molecule has 0 saturated heterocycles. The van der Waals surface area contributed by atoms with Crippen LogP contribution in [-0.2, 0) is 13.0 Å². The molecule has 7 heteroatoms. The molecule has 0 atom stereocenters. The summed E-state index contributed by atoms with van der Waals surface area (Å²) in [6.45, 7) is 1.19. The number of hydrogen-bond donors (Lipinski definition) is 2. The van der Waals surface area contributed by atoms with Gasteiger partial charge in [0.25, 0.3) is 5.89 Å². The smallest absolute Gasteiger partial charge is 0.263 e. The molecule has 0 aliphatic carbocycles. The van der Waals surface area contributed by atoms with Crippen LogP contribution in [0.25, 0.3) is 22.6 Å². The fraction of sp³-hybridized carbons (Fsp3) is 0.208. The molecule has 2 heterocycles. The highest BCUT2D eigenvalue weighted by atomic mass is 19.1. The normalized spacial score (nSPS) is 11.4. The second-order valence-electron chi connectivity index (χ2n) is 7.14. The predicted molar refractivity (Wildman–Crippen MR) is 117 cm³/mol. The summed E-state index contributed by atoms with van der Waals surface area (Å²) in [5.41, 5.74) is 7.77. The molecule has 0 unspecified atom stereocenters. The molecule has 0 bridgehead atoms. The van der Waals surface area contributed by atoms with Gasteiger partial charge in [0.2, 0.25) is 0 Å². The van der Waals surface area contributed by atoms with Gasteiger partial charge in [-0.15, -0.1) is 0 Å². The van der Waals surface area contributed by atoms with E-state index in [4.69, 9.17) is 19.3 Å². The fourth-order valence-electron chi connectivity index (χ4n) is 3.22. The molecule has 160 valence electrons. The third kappa shape index (κ3) is 5.45. The molecular formula is C24H24FN3O3. The van der Waals surface area contributed by atoms with E-state index in [1.165, 1.54) is 30.2 Å². The van der Waals surface area contributed by atoms with Crippen molar-refractivity contribution in [1.82, 2.24) is 10.3 Å². The van der Waals surface area contributed by atoms with E-state index in [0.717, 1.165) is 31.6 Å². The first-order chi connectivity index (χ1) is 15.2. The summed E-state index contributed by atoms with van der Waals surface area (Å²) in [6.07, 6.45) is 7.98. The summed E-state index contributed by atoms with van der Waals surface area (Å²) in [5.74, 6) is 1.24. The van der Waals surface area contributed by atoms with Crippen LogP contribution in [0.3, 0.4) is 0 Å². The molecule has 31 heavy (non-hydrogen) atoms. The van der Waals surface area contributed by atoms with E-state index in [-0.39, 0.29) is 12.4 Å². The molecule has 0 aliphatic rings. The van der Waals surface area contributed by atoms with Crippen molar-refractivity contribution in [3.63, 3.8) is 0 Å². The minimum atomic E-state index is -0.315. The zero-order valence-corrected chi connectivity index (χ0v) is 17.0. The topological polar surface area (TPSA) is 86.5 Å². The number of benzene rings is 2. The van der Waals surface area contributed by atoms with E-state index in [0.29, 0.717) is 28.3 Å². The van der Waals surface area contributed by atoms with Gasteiger partial charge in [-0.05, 0) is 61.2 Å². The summed E-state index contributed by atoms with van der Waals surface area (Å²) in [5, 5.41) is 3.79. The van der Waals surface area contributed by atoms with Gasteiger partial charge in [-0.25, -0.2) is 9.37 Å². The summed E-state index contributed by atoms with van der Waals surface area (Å²) in [7, 11) is 0. The Kier molecular flexibility index (Phi) is 6.52. The highest BCUT2D eigenvalue weighted by Crippen LogP contribution is 2.28. The Morgan fingerprint density at radius 1 is 1.10 bits per heavy atom. The van der Waals surface area contributed by atoms with Gasteiger partial charge in [-0.1, -0.05) is 12.1 Å². The third-order valence-electron chi connectivity index (χ3n) is 4.80. The Labute approximate surface area is 179 Å². The summed E-state index contributed by atoms with van der Waals surface area (Å²) >= 11 is 0. The second-order valence-corrected chi connectivity index (χ2v) is 7.14. The summed E-state index contributed by atoms with van der Waals surface area (Å²) in [4.78, 5) is 4.40. The monoisotopic (exact) mass is 421 g/mol. The van der Waals surface area contributed by atoms with Crippen molar-refractivity contribution in [2.45, 2.75) is 25.9 Å². The summed E-state index contributed by atoms with van der Waals surface area (Å²) < 4.78 is 30.3. The van der Waals surface area contributed by atoms with Gasteiger partial charge in [0.1, 0.15) is 35.7 Å². The molecule has 0 spiro atoms. The Morgan fingerprint density at radius 2 is 1.97 bits per heavy atom. The molecule has 0 radical (unpaired) electrons. The number of nitrogens with zero attached hydrogens (tertiary/aromatic N) is 1. The number of hydrogen-bond acceptors (Lipinski definition) is 6. The lowest BCUT2D eigenvalue weighted by molar-refractivity contribution is 0.301. The van der Waals surface area contributed by atoms with Crippen LogP contribution in [0.1, 0.15) is 24.1 Å². The maximum Gasteiger partial charge on any atom is 0.263 e. The Bertz CT molecular complexity index is 1150. The molecule has 2 aromatic carbocycles. The van der Waals surface area contributed by atoms with Crippen molar-refractivity contribution in [2.24, 2.45) is 5.73 Å². The Morgan fingerprint density at radius 3 is 2.81 bits per heavy atom. The molecule has 0 aliphatic heterocycles. The van der Waals surface area contributed by atoms with Gasteiger partial charge in [0.15, 0.2) is 5.76 Å². The molecular weight excluding hydrogens is 397 g/mol. The van der Waals surface area contributed by atoms with Crippen LogP contribution in [-0.4, -0.2) is 11.5 Å². The Balaban J connectivity index is 1.28. The molecule has 3 N–H and O–H groups in total. The van der Waals surface area contributed by atoms with Gasteiger partial charge < -0.3 is 24.6 Å². The molecule has 4 rings (SSSR count). The average molecular weight is 421 g/mol. The average Bonchev–Trinajstić information content (AvgIpc) is 3.42. The van der Waals surface area contributed by atoms with Crippen LogP contribution in [0.5, 0.6) is 5.75 Å². The van der Waals surface area contributed by atoms with Crippen molar-refractivity contribution in [3.8, 4) is 17.4 Å². The minimum absolute atomic E-state index is 0.276. The third-order valence-corrected chi connectivity index (χ3v) is 4.80. The van der Waals surface area contributed by atoms with Gasteiger partial charge in [0, 0.05) is 24.3 Å². The highest BCUT2D eigenvalue weighted by Gasteiger charge is 2.13. The van der Waals surface area contributed by atoms with E-state index < -0.39 is 0 Å². The van der Waals surface area contributed by atoms with Crippen molar-refractivity contribution in [2.75, 3.05) is 6.54 Å². The van der Waals surface area contributed by atoms with Crippen LogP contribution in [0, 0.1) is 5.82 Å². The number of oxazole rings is 1. The van der Waals surface area contributed by atoms with Crippen molar-refractivity contribution in [3.05, 3.63) is 84.3 Å². The lowest BCUT2D eigenvalue weighted by Gasteiger charge is -2.06. The van der Waals surface area contributed by atoms with Crippen LogP contribution in [0.4, 0.5) is 4.39 Å². The number of aryl methyl sites for hydroxylation is 1. The number of nitrogens with one attached hydrogen (secondary N) is 1. The van der Waals surface area contributed by atoms with Crippen molar-refractivity contribution >= 4 is 11.0 Å². The minimum Gasteiger partial charge on any atom is -0.487 e. The largest absolute Gasteiger partial charge is 0.487 e. The van der Waals surface area contributed by atoms with E-state index >= 15 is 0 Å². The zero-order valence-electron chi connectivity index (χ0n) is 17.0. The number of fused-ring (bicyclic) bond motifs is 1. The van der Waals surface area contributed by atoms with Crippen molar-refractivity contribution in [1.29, 1.82) is 0 Å². The number of halogens is 1. The van der Waals surface area contributed by atoms with Crippen LogP contribution in [0.2, 0.25) is 0 Å². The zero-order chi connectivity index (χ0) is 21.5. The first-order valence-electron chi connectivity index (χ1n) is 10.2. The van der Waals surface area contributed by atoms with Crippen LogP contribution < -0.4 is 15.8 Å². The lowest BCUT2D eigenvalue weighted by Crippen LogP contribution is -2.07. The predicted octanol–water partition coefficient (Wildman–Crippen LogP) is 5.15. The van der Waals surface area contributed by atoms with Gasteiger partial charge >= 0.3 is 0 Å². The molecule has 0 saturated carbocycles. The molecule has 6 nitrogen and oxygen atoms in total. The van der Waals surface area contributed by atoms with Gasteiger partial charge in [-0.3, -0.25) is 0 Å². The van der Waals surface area contributed by atoms with Crippen molar-refractivity contribution < 1.29 is 18.0 Å². The second kappa shape index (κ2) is 9.84. The Hall–Kier alpha value is -3.74. The van der Waals surface area contributed by atoms with Crippen LogP contribution >= 0.6 is 0 Å². The maximum absolute atomic E-state index is 13.4. The van der Waals surface area contributed by atoms with Crippen LogP contribution in [0.15, 0.2) is 76.0 Å². The van der Waals surface area contributed by atoms with E-state index in [9.17, 15) is 4.39 Å². The number of nitrogens with two attached hydrogens (primary N) is 1. The number of aromatic nitrogens is 1. The standard InChI is InChI=1S/C24H24FN3O3/c25-19-6-9-22-18(13-19)14-23(31-22)24-28-20(16-30-24)15-29-21-7-4-17(5-8-21)3-1-2-11-27-12-10-26/h4-10,12-14,16,27H,1-3,11,15,26H2/b12-10-. The molecule has 2 aromatic heterocycles. The number of furan rings is 1. The SMILES string of the molecule is N/C=C\NCCCCc1ccc(OCc2coc(-c3cc4cc(F)ccc4o3)n2)cc1. The highest BCUT2D eigenvalue weighted by molar-refractivity contribution is 5.81. The number of unbranched alkanes of at least 4 members (excludes halogenated alkanes) is 1. The molecule has 0 fully saturated rings.